The minimum Gasteiger partial charge on any atom is -0.298 e. The molecule has 0 radical (unpaired) electrons. The smallest absolute Gasteiger partial charge is 0.298 e. The highest BCUT2D eigenvalue weighted by Crippen LogP contribution is 2.35. The third kappa shape index (κ3) is 2.19. The molecule has 1 nitrogen and oxygen atoms in total. The van der Waals surface area contributed by atoms with Crippen LogP contribution in [0.4, 0.5) is 13.2 Å². The topological polar surface area (TPSA) is 17.1 Å². The van der Waals surface area contributed by atoms with Crippen LogP contribution in [-0.2, 0) is 6.18 Å². The molecule has 0 atom stereocenters. The minimum atomic E-state index is -4.54. The van der Waals surface area contributed by atoms with E-state index >= 15 is 0 Å². The van der Waals surface area contributed by atoms with Gasteiger partial charge in [-0.25, -0.2) is 0 Å². The van der Waals surface area contributed by atoms with E-state index in [2.05, 4.69) is 0 Å². The highest BCUT2D eigenvalue weighted by molar-refractivity contribution is 6.43. The Labute approximate surface area is 87.4 Å². The summed E-state index contributed by atoms with van der Waals surface area (Å²) < 4.78 is 36.6. The Balaban J connectivity index is 3.37. The Bertz CT molecular complexity index is 374. The molecule has 0 aliphatic carbocycles. The molecular weight excluding hydrogens is 240 g/mol. The lowest BCUT2D eigenvalue weighted by atomic mass is 10.1. The molecule has 0 bridgehead atoms. The number of carbonyl (C=O) groups excluding carboxylic acids is 1. The number of hydrogen-bond donors (Lipinski definition) is 0. The van der Waals surface area contributed by atoms with Crippen molar-refractivity contribution in [3.05, 3.63) is 33.3 Å². The molecule has 1 aromatic carbocycles. The summed E-state index contributed by atoms with van der Waals surface area (Å²) in [5, 5.41) is -0.460. The molecule has 0 unspecified atom stereocenters. The molecule has 0 saturated carbocycles. The zero-order valence-corrected chi connectivity index (χ0v) is 8.04. The summed E-state index contributed by atoms with van der Waals surface area (Å²) in [7, 11) is 0. The van der Waals surface area contributed by atoms with E-state index in [4.69, 9.17) is 23.2 Å². The van der Waals surface area contributed by atoms with Crippen LogP contribution in [0, 0.1) is 0 Å². The molecule has 0 amide bonds. The maximum Gasteiger partial charge on any atom is 0.416 e. The maximum atomic E-state index is 12.2. The third-order valence-electron chi connectivity index (χ3n) is 1.51. The lowest BCUT2D eigenvalue weighted by Gasteiger charge is -2.08. The van der Waals surface area contributed by atoms with Crippen molar-refractivity contribution in [2.24, 2.45) is 0 Å². The second-order valence-electron chi connectivity index (χ2n) is 2.48. The van der Waals surface area contributed by atoms with E-state index in [0.717, 1.165) is 0 Å². The normalized spacial score (nSPS) is 11.5. The van der Waals surface area contributed by atoms with Crippen LogP contribution in [0.2, 0.25) is 10.0 Å². The van der Waals surface area contributed by atoms with Crippen LogP contribution in [0.3, 0.4) is 0 Å². The third-order valence-corrected chi connectivity index (χ3v) is 2.33. The number of carbonyl (C=O) groups is 1. The van der Waals surface area contributed by atoms with Gasteiger partial charge in [-0.2, -0.15) is 13.2 Å². The van der Waals surface area contributed by atoms with Gasteiger partial charge in [0, 0.05) is 5.56 Å². The van der Waals surface area contributed by atoms with Crippen LogP contribution < -0.4 is 0 Å². The first-order valence-corrected chi connectivity index (χ1v) is 4.13. The minimum absolute atomic E-state index is 0.172. The second-order valence-corrected chi connectivity index (χ2v) is 3.26. The molecule has 0 aliphatic rings. The van der Waals surface area contributed by atoms with Gasteiger partial charge in [0.1, 0.15) is 0 Å². The van der Waals surface area contributed by atoms with Crippen LogP contribution in [-0.4, -0.2) is 6.29 Å². The fourth-order valence-corrected chi connectivity index (χ4v) is 1.24. The fraction of sp³-hybridized carbons (Fsp3) is 0.125. The summed E-state index contributed by atoms with van der Waals surface area (Å²) in [6, 6.07) is 1.33. The Hall–Kier alpha value is -0.740. The van der Waals surface area contributed by atoms with Crippen molar-refractivity contribution in [2.75, 3.05) is 0 Å². The summed E-state index contributed by atoms with van der Waals surface area (Å²) >= 11 is 10.9. The Kier molecular flexibility index (Phi) is 3.07. The van der Waals surface area contributed by atoms with Gasteiger partial charge in [0.15, 0.2) is 6.29 Å². The summed E-state index contributed by atoms with van der Waals surface area (Å²) in [5.74, 6) is 0. The summed E-state index contributed by atoms with van der Waals surface area (Å²) in [4.78, 5) is 10.3. The summed E-state index contributed by atoms with van der Waals surface area (Å²) in [6.07, 6.45) is -4.31. The van der Waals surface area contributed by atoms with Gasteiger partial charge < -0.3 is 0 Å². The van der Waals surface area contributed by atoms with Crippen molar-refractivity contribution in [2.45, 2.75) is 6.18 Å². The largest absolute Gasteiger partial charge is 0.416 e. The van der Waals surface area contributed by atoms with Crippen molar-refractivity contribution >= 4 is 29.5 Å². The van der Waals surface area contributed by atoms with E-state index in [1.165, 1.54) is 0 Å². The lowest BCUT2D eigenvalue weighted by molar-refractivity contribution is -0.137. The molecule has 0 fully saturated rings. The molecule has 0 aliphatic heterocycles. The zero-order chi connectivity index (χ0) is 10.9. The Morgan fingerprint density at radius 2 is 1.79 bits per heavy atom. The highest BCUT2D eigenvalue weighted by Gasteiger charge is 2.31. The number of aldehydes is 1. The number of benzene rings is 1. The van der Waals surface area contributed by atoms with Gasteiger partial charge in [-0.3, -0.25) is 4.79 Å². The highest BCUT2D eigenvalue weighted by atomic mass is 35.5. The quantitative estimate of drug-likeness (QED) is 0.685. The van der Waals surface area contributed by atoms with Gasteiger partial charge >= 0.3 is 6.18 Å². The predicted molar refractivity (Wildman–Crippen MR) is 46.9 cm³/mol. The summed E-state index contributed by atoms with van der Waals surface area (Å²) in [6.45, 7) is 0. The van der Waals surface area contributed by atoms with Crippen molar-refractivity contribution in [1.29, 1.82) is 0 Å². The van der Waals surface area contributed by atoms with Crippen molar-refractivity contribution in [3.63, 3.8) is 0 Å². The average molecular weight is 243 g/mol. The van der Waals surface area contributed by atoms with Crippen molar-refractivity contribution in [3.8, 4) is 0 Å². The lowest BCUT2D eigenvalue weighted by Crippen LogP contribution is -2.05. The SMILES string of the molecule is O=Cc1cc(C(F)(F)F)cc(Cl)c1Cl. The second kappa shape index (κ2) is 3.79. The first kappa shape index (κ1) is 11.3. The fourth-order valence-electron chi connectivity index (χ4n) is 0.860. The number of rotatable bonds is 1. The predicted octanol–water partition coefficient (Wildman–Crippen LogP) is 3.82. The molecule has 0 heterocycles. The van der Waals surface area contributed by atoms with Gasteiger partial charge in [0.25, 0.3) is 0 Å². The molecule has 0 N–H and O–H groups in total. The first-order valence-electron chi connectivity index (χ1n) is 3.37. The van der Waals surface area contributed by atoms with Crippen molar-refractivity contribution in [1.82, 2.24) is 0 Å². The molecule has 6 heteroatoms. The molecule has 1 rings (SSSR count). The molecule has 76 valence electrons. The van der Waals surface area contributed by atoms with Crippen LogP contribution in [0.25, 0.3) is 0 Å². The molecule has 0 saturated heterocycles. The molecule has 1 aromatic rings. The molecular formula is C8H3Cl2F3O. The van der Waals surface area contributed by atoms with Gasteiger partial charge in [-0.05, 0) is 12.1 Å². The van der Waals surface area contributed by atoms with Crippen LogP contribution >= 0.6 is 23.2 Å². The van der Waals surface area contributed by atoms with E-state index in [-0.39, 0.29) is 21.9 Å². The number of hydrogen-bond acceptors (Lipinski definition) is 1. The molecule has 0 spiro atoms. The standard InChI is InChI=1S/C8H3Cl2F3O/c9-6-2-5(8(11,12)13)1-4(3-14)7(6)10/h1-3H. The van der Waals surface area contributed by atoms with E-state index in [0.29, 0.717) is 12.1 Å². The van der Waals surface area contributed by atoms with Gasteiger partial charge in [-0.15, -0.1) is 0 Å². The van der Waals surface area contributed by atoms with Crippen LogP contribution in [0.15, 0.2) is 12.1 Å². The Morgan fingerprint density at radius 1 is 1.21 bits per heavy atom. The van der Waals surface area contributed by atoms with Gasteiger partial charge in [0.05, 0.1) is 15.6 Å². The average Bonchev–Trinajstić information content (AvgIpc) is 2.07. The van der Waals surface area contributed by atoms with Crippen LogP contribution in [0.5, 0.6) is 0 Å². The summed E-state index contributed by atoms with van der Waals surface area (Å²) in [5.41, 5.74) is -1.26. The van der Waals surface area contributed by atoms with E-state index < -0.39 is 11.7 Å². The molecule has 0 aromatic heterocycles. The van der Waals surface area contributed by atoms with Gasteiger partial charge in [0.2, 0.25) is 0 Å². The van der Waals surface area contributed by atoms with E-state index in [9.17, 15) is 18.0 Å². The maximum absolute atomic E-state index is 12.2. The monoisotopic (exact) mass is 242 g/mol. The van der Waals surface area contributed by atoms with Crippen molar-refractivity contribution < 1.29 is 18.0 Å². The first-order chi connectivity index (χ1) is 6.36. The van der Waals surface area contributed by atoms with Crippen LogP contribution in [0.1, 0.15) is 15.9 Å². The molecule has 14 heavy (non-hydrogen) atoms. The number of halogens is 5. The zero-order valence-electron chi connectivity index (χ0n) is 6.53. The van der Waals surface area contributed by atoms with E-state index in [1.807, 2.05) is 0 Å². The Morgan fingerprint density at radius 3 is 2.21 bits per heavy atom. The van der Waals surface area contributed by atoms with Gasteiger partial charge in [-0.1, -0.05) is 23.2 Å². The van der Waals surface area contributed by atoms with E-state index in [1.54, 1.807) is 0 Å². The number of alkyl halides is 3.